The zero-order valence-corrected chi connectivity index (χ0v) is 17.3. The second-order valence-corrected chi connectivity index (χ2v) is 7.18. The van der Waals surface area contributed by atoms with E-state index in [0.717, 1.165) is 5.56 Å². The highest BCUT2D eigenvalue weighted by Gasteiger charge is 2.11. The first-order valence-electron chi connectivity index (χ1n) is 8.84. The number of phenols is 1. The first kappa shape index (κ1) is 21.4. The van der Waals surface area contributed by atoms with Gasteiger partial charge in [0.2, 0.25) is 0 Å². The SMILES string of the molecule is C/C(=N/NC(=O)c1ccc(O)cc1)c1ccc(NC(=O)c2ccc(Cl)cc2Cl)cc1. The number of amides is 2. The Labute approximate surface area is 183 Å². The highest BCUT2D eigenvalue weighted by Crippen LogP contribution is 2.22. The number of rotatable bonds is 5. The van der Waals surface area contributed by atoms with E-state index in [1.807, 2.05) is 0 Å². The van der Waals surface area contributed by atoms with Crippen LogP contribution >= 0.6 is 23.2 Å². The highest BCUT2D eigenvalue weighted by molar-refractivity contribution is 6.37. The highest BCUT2D eigenvalue weighted by atomic mass is 35.5. The number of halogens is 2. The second kappa shape index (κ2) is 9.43. The Kier molecular flexibility index (Phi) is 6.72. The summed E-state index contributed by atoms with van der Waals surface area (Å²) >= 11 is 11.9. The molecule has 0 bridgehead atoms. The molecule has 0 aromatic heterocycles. The standard InChI is InChI=1S/C22H17Cl2N3O3/c1-13(26-27-21(29)15-4-9-18(28)10-5-15)14-2-7-17(8-3-14)25-22(30)19-11-6-16(23)12-20(19)24/h2-12,28H,1H3,(H,25,30)(H,27,29)/b26-13-. The van der Waals surface area contributed by atoms with Gasteiger partial charge in [-0.2, -0.15) is 5.10 Å². The maximum atomic E-state index is 12.4. The molecule has 3 rings (SSSR count). The summed E-state index contributed by atoms with van der Waals surface area (Å²) in [6.45, 7) is 1.75. The lowest BCUT2D eigenvalue weighted by atomic mass is 10.1. The molecule has 0 atom stereocenters. The third-order valence-electron chi connectivity index (χ3n) is 4.19. The predicted octanol–water partition coefficient (Wildman–Crippen LogP) is 5.11. The molecule has 3 N–H and O–H groups in total. The Morgan fingerprint density at radius 1 is 0.867 bits per heavy atom. The van der Waals surface area contributed by atoms with E-state index >= 15 is 0 Å². The third kappa shape index (κ3) is 5.37. The minimum absolute atomic E-state index is 0.0803. The number of carbonyl (C=O) groups excluding carboxylic acids is 2. The average Bonchev–Trinajstić information content (AvgIpc) is 2.72. The number of anilines is 1. The van der Waals surface area contributed by atoms with Crippen LogP contribution in [0.5, 0.6) is 5.75 Å². The van der Waals surface area contributed by atoms with E-state index in [1.165, 1.54) is 30.3 Å². The fourth-order valence-corrected chi connectivity index (χ4v) is 3.04. The summed E-state index contributed by atoms with van der Waals surface area (Å²) in [6, 6.07) is 17.5. The van der Waals surface area contributed by atoms with Crippen molar-refractivity contribution in [1.29, 1.82) is 0 Å². The van der Waals surface area contributed by atoms with Gasteiger partial charge in [0.1, 0.15) is 5.75 Å². The summed E-state index contributed by atoms with van der Waals surface area (Å²) < 4.78 is 0. The van der Waals surface area contributed by atoms with Gasteiger partial charge in [0.15, 0.2) is 0 Å². The molecule has 3 aromatic carbocycles. The van der Waals surface area contributed by atoms with Gasteiger partial charge < -0.3 is 10.4 Å². The van der Waals surface area contributed by atoms with Crippen molar-refractivity contribution in [1.82, 2.24) is 5.43 Å². The molecule has 8 heteroatoms. The molecule has 0 saturated heterocycles. The lowest BCUT2D eigenvalue weighted by Gasteiger charge is -2.08. The Balaban J connectivity index is 1.64. The summed E-state index contributed by atoms with van der Waals surface area (Å²) in [5, 5.41) is 16.8. The molecule has 0 aliphatic carbocycles. The van der Waals surface area contributed by atoms with Crippen molar-refractivity contribution in [3.05, 3.63) is 93.5 Å². The van der Waals surface area contributed by atoms with Crippen molar-refractivity contribution in [3.63, 3.8) is 0 Å². The van der Waals surface area contributed by atoms with E-state index in [2.05, 4.69) is 15.8 Å². The molecule has 0 heterocycles. The molecule has 0 aliphatic heterocycles. The molecular formula is C22H17Cl2N3O3. The van der Waals surface area contributed by atoms with Crippen LogP contribution in [0.4, 0.5) is 5.69 Å². The minimum Gasteiger partial charge on any atom is -0.508 e. The van der Waals surface area contributed by atoms with Crippen LogP contribution in [0.15, 0.2) is 71.8 Å². The van der Waals surface area contributed by atoms with Crippen LogP contribution in [0, 0.1) is 0 Å². The smallest absolute Gasteiger partial charge is 0.271 e. The molecule has 0 fully saturated rings. The van der Waals surface area contributed by atoms with Gasteiger partial charge >= 0.3 is 0 Å². The number of aromatic hydroxyl groups is 1. The predicted molar refractivity (Wildman–Crippen MR) is 119 cm³/mol. The lowest BCUT2D eigenvalue weighted by molar-refractivity contribution is 0.0954. The summed E-state index contributed by atoms with van der Waals surface area (Å²) in [4.78, 5) is 24.5. The first-order valence-corrected chi connectivity index (χ1v) is 9.59. The van der Waals surface area contributed by atoms with E-state index in [-0.39, 0.29) is 16.7 Å². The van der Waals surface area contributed by atoms with E-state index in [0.29, 0.717) is 27.5 Å². The van der Waals surface area contributed by atoms with Crippen LogP contribution in [-0.2, 0) is 0 Å². The van der Waals surface area contributed by atoms with Gasteiger partial charge in [0, 0.05) is 16.3 Å². The largest absolute Gasteiger partial charge is 0.508 e. The molecule has 3 aromatic rings. The van der Waals surface area contributed by atoms with Crippen LogP contribution in [0.2, 0.25) is 10.0 Å². The van der Waals surface area contributed by atoms with Gasteiger partial charge in [-0.25, -0.2) is 5.43 Å². The molecule has 2 amide bonds. The summed E-state index contributed by atoms with van der Waals surface area (Å²) in [6.07, 6.45) is 0. The normalized spacial score (nSPS) is 11.1. The van der Waals surface area contributed by atoms with Crippen LogP contribution in [0.25, 0.3) is 0 Å². The summed E-state index contributed by atoms with van der Waals surface area (Å²) in [5.74, 6) is -0.661. The molecule has 152 valence electrons. The number of hydrogen-bond donors (Lipinski definition) is 3. The topological polar surface area (TPSA) is 90.8 Å². The second-order valence-electron chi connectivity index (χ2n) is 6.34. The number of hydrogen-bond acceptors (Lipinski definition) is 4. The maximum Gasteiger partial charge on any atom is 0.271 e. The Morgan fingerprint density at radius 2 is 1.50 bits per heavy atom. The first-order chi connectivity index (χ1) is 14.3. The lowest BCUT2D eigenvalue weighted by Crippen LogP contribution is -2.19. The van der Waals surface area contributed by atoms with Gasteiger partial charge in [0.25, 0.3) is 11.8 Å². The molecule has 0 radical (unpaired) electrons. The number of hydrazone groups is 1. The molecule has 0 unspecified atom stereocenters. The number of benzene rings is 3. The Bertz CT molecular complexity index is 1110. The van der Waals surface area contributed by atoms with Crippen molar-refractivity contribution >= 4 is 46.4 Å². The van der Waals surface area contributed by atoms with Crippen LogP contribution in [0.1, 0.15) is 33.2 Å². The van der Waals surface area contributed by atoms with E-state index in [4.69, 9.17) is 23.2 Å². The minimum atomic E-state index is -0.391. The fourth-order valence-electron chi connectivity index (χ4n) is 2.54. The third-order valence-corrected chi connectivity index (χ3v) is 4.74. The van der Waals surface area contributed by atoms with E-state index in [9.17, 15) is 14.7 Å². The van der Waals surface area contributed by atoms with Gasteiger partial charge in [-0.15, -0.1) is 0 Å². The zero-order valence-electron chi connectivity index (χ0n) is 15.8. The van der Waals surface area contributed by atoms with Crippen molar-refractivity contribution in [2.24, 2.45) is 5.10 Å². The van der Waals surface area contributed by atoms with Crippen LogP contribution in [0.3, 0.4) is 0 Å². The van der Waals surface area contributed by atoms with Crippen molar-refractivity contribution < 1.29 is 14.7 Å². The molecule has 0 saturated carbocycles. The number of phenolic OH excluding ortho intramolecular Hbond substituents is 1. The summed E-state index contributed by atoms with van der Waals surface area (Å²) in [7, 11) is 0. The van der Waals surface area contributed by atoms with Crippen LogP contribution in [-0.4, -0.2) is 22.6 Å². The monoisotopic (exact) mass is 441 g/mol. The van der Waals surface area contributed by atoms with Gasteiger partial charge in [-0.1, -0.05) is 35.3 Å². The molecule has 0 aliphatic rings. The molecule has 0 spiro atoms. The Hall–Kier alpha value is -3.35. The summed E-state index contributed by atoms with van der Waals surface area (Å²) in [5.41, 5.74) is 5.10. The van der Waals surface area contributed by atoms with Gasteiger partial charge in [0.05, 0.1) is 16.3 Å². The van der Waals surface area contributed by atoms with Crippen molar-refractivity contribution in [3.8, 4) is 5.75 Å². The van der Waals surface area contributed by atoms with Crippen molar-refractivity contribution in [2.75, 3.05) is 5.32 Å². The number of carbonyl (C=O) groups is 2. The maximum absolute atomic E-state index is 12.4. The Morgan fingerprint density at radius 3 is 2.13 bits per heavy atom. The van der Waals surface area contributed by atoms with Gasteiger partial charge in [-0.3, -0.25) is 9.59 Å². The van der Waals surface area contributed by atoms with E-state index < -0.39 is 5.91 Å². The number of nitrogens with one attached hydrogen (secondary N) is 2. The van der Waals surface area contributed by atoms with Crippen LogP contribution < -0.4 is 10.7 Å². The fraction of sp³-hybridized carbons (Fsp3) is 0.0455. The van der Waals surface area contributed by atoms with Crippen molar-refractivity contribution in [2.45, 2.75) is 6.92 Å². The number of nitrogens with zero attached hydrogens (tertiary/aromatic N) is 1. The average molecular weight is 442 g/mol. The van der Waals surface area contributed by atoms with Gasteiger partial charge in [-0.05, 0) is 67.1 Å². The molecule has 30 heavy (non-hydrogen) atoms. The zero-order chi connectivity index (χ0) is 21.7. The quantitative estimate of drug-likeness (QED) is 0.379. The van der Waals surface area contributed by atoms with E-state index in [1.54, 1.807) is 43.3 Å². The molecular weight excluding hydrogens is 425 g/mol. The molecule has 6 nitrogen and oxygen atoms in total.